The van der Waals surface area contributed by atoms with Crippen molar-refractivity contribution in [2.24, 2.45) is 5.73 Å². The number of hydrogen-bond donors (Lipinski definition) is 2. The fourth-order valence-corrected chi connectivity index (χ4v) is 2.34. The zero-order chi connectivity index (χ0) is 13.9. The van der Waals surface area contributed by atoms with Gasteiger partial charge in [-0.25, -0.2) is 4.98 Å². The third-order valence-electron chi connectivity index (χ3n) is 3.29. The van der Waals surface area contributed by atoms with E-state index in [0.717, 1.165) is 29.2 Å². The molecule has 1 aromatic heterocycles. The SMILES string of the molecule is Cc1ccc2c(c1)nc(Nc1ccccc1)n2CCN. The van der Waals surface area contributed by atoms with Crippen LogP contribution < -0.4 is 11.1 Å². The molecular formula is C16H18N4. The highest BCUT2D eigenvalue weighted by Gasteiger charge is 2.10. The van der Waals surface area contributed by atoms with Gasteiger partial charge in [0.05, 0.1) is 11.0 Å². The molecular weight excluding hydrogens is 248 g/mol. The van der Waals surface area contributed by atoms with E-state index in [-0.39, 0.29) is 0 Å². The molecule has 0 aliphatic heterocycles. The monoisotopic (exact) mass is 266 g/mol. The van der Waals surface area contributed by atoms with E-state index in [2.05, 4.69) is 40.0 Å². The topological polar surface area (TPSA) is 55.9 Å². The van der Waals surface area contributed by atoms with Gasteiger partial charge in [-0.2, -0.15) is 0 Å². The molecule has 0 saturated heterocycles. The largest absolute Gasteiger partial charge is 0.329 e. The van der Waals surface area contributed by atoms with Crippen LogP contribution in [0.5, 0.6) is 0 Å². The Morgan fingerprint density at radius 1 is 1.15 bits per heavy atom. The molecule has 4 nitrogen and oxygen atoms in total. The molecule has 3 aromatic rings. The van der Waals surface area contributed by atoms with E-state index < -0.39 is 0 Å². The van der Waals surface area contributed by atoms with Crippen LogP contribution in [0, 0.1) is 6.92 Å². The Hall–Kier alpha value is -2.33. The van der Waals surface area contributed by atoms with Crippen molar-refractivity contribution in [3.8, 4) is 0 Å². The molecule has 0 aliphatic carbocycles. The van der Waals surface area contributed by atoms with Gasteiger partial charge in [0.1, 0.15) is 0 Å². The first-order valence-electron chi connectivity index (χ1n) is 6.77. The van der Waals surface area contributed by atoms with Gasteiger partial charge >= 0.3 is 0 Å². The van der Waals surface area contributed by atoms with Gasteiger partial charge in [0, 0.05) is 18.8 Å². The smallest absolute Gasteiger partial charge is 0.208 e. The minimum atomic E-state index is 0.586. The minimum Gasteiger partial charge on any atom is -0.329 e. The Morgan fingerprint density at radius 2 is 1.95 bits per heavy atom. The maximum Gasteiger partial charge on any atom is 0.208 e. The number of benzene rings is 2. The Balaban J connectivity index is 2.06. The number of para-hydroxylation sites is 1. The highest BCUT2D eigenvalue weighted by atomic mass is 15.2. The molecule has 0 radical (unpaired) electrons. The van der Waals surface area contributed by atoms with E-state index in [9.17, 15) is 0 Å². The summed E-state index contributed by atoms with van der Waals surface area (Å²) in [7, 11) is 0. The molecule has 0 atom stereocenters. The zero-order valence-corrected chi connectivity index (χ0v) is 11.5. The Labute approximate surface area is 118 Å². The van der Waals surface area contributed by atoms with Gasteiger partial charge in [-0.05, 0) is 36.8 Å². The molecule has 102 valence electrons. The molecule has 0 saturated carbocycles. The third kappa shape index (κ3) is 2.38. The lowest BCUT2D eigenvalue weighted by Crippen LogP contribution is -2.12. The van der Waals surface area contributed by atoms with Gasteiger partial charge in [0.2, 0.25) is 5.95 Å². The molecule has 2 aromatic carbocycles. The number of fused-ring (bicyclic) bond motifs is 1. The van der Waals surface area contributed by atoms with Gasteiger partial charge < -0.3 is 15.6 Å². The summed E-state index contributed by atoms with van der Waals surface area (Å²) in [5, 5.41) is 3.36. The summed E-state index contributed by atoms with van der Waals surface area (Å²) < 4.78 is 2.13. The van der Waals surface area contributed by atoms with Crippen LogP contribution >= 0.6 is 0 Å². The van der Waals surface area contributed by atoms with E-state index in [1.807, 2.05) is 30.3 Å². The predicted molar refractivity (Wildman–Crippen MR) is 83.2 cm³/mol. The van der Waals surface area contributed by atoms with Crippen molar-refractivity contribution in [2.75, 3.05) is 11.9 Å². The maximum absolute atomic E-state index is 5.73. The summed E-state index contributed by atoms with van der Waals surface area (Å²) in [5.74, 6) is 0.835. The average molecular weight is 266 g/mol. The van der Waals surface area contributed by atoms with Gasteiger partial charge in [-0.3, -0.25) is 0 Å². The molecule has 0 fully saturated rings. The van der Waals surface area contributed by atoms with Crippen LogP contribution in [0.2, 0.25) is 0 Å². The second-order valence-corrected chi connectivity index (χ2v) is 4.86. The number of rotatable bonds is 4. The lowest BCUT2D eigenvalue weighted by Gasteiger charge is -2.09. The highest BCUT2D eigenvalue weighted by Crippen LogP contribution is 2.23. The van der Waals surface area contributed by atoms with Crippen LogP contribution in [0.3, 0.4) is 0 Å². The van der Waals surface area contributed by atoms with Crippen LogP contribution in [0.4, 0.5) is 11.6 Å². The number of nitrogens with zero attached hydrogens (tertiary/aromatic N) is 2. The molecule has 1 heterocycles. The predicted octanol–water partition coefficient (Wildman–Crippen LogP) is 3.05. The Morgan fingerprint density at radius 3 is 2.70 bits per heavy atom. The van der Waals surface area contributed by atoms with Crippen molar-refractivity contribution in [3.63, 3.8) is 0 Å². The van der Waals surface area contributed by atoms with Gasteiger partial charge in [-0.15, -0.1) is 0 Å². The first-order chi connectivity index (χ1) is 9.78. The number of nitrogens with one attached hydrogen (secondary N) is 1. The van der Waals surface area contributed by atoms with Gasteiger partial charge in [-0.1, -0.05) is 24.3 Å². The minimum absolute atomic E-state index is 0.586. The first kappa shape index (κ1) is 12.7. The second kappa shape index (κ2) is 5.35. The van der Waals surface area contributed by atoms with Crippen LogP contribution in [0.15, 0.2) is 48.5 Å². The highest BCUT2D eigenvalue weighted by molar-refractivity contribution is 5.80. The van der Waals surface area contributed by atoms with E-state index in [1.165, 1.54) is 5.56 Å². The quantitative estimate of drug-likeness (QED) is 0.763. The maximum atomic E-state index is 5.73. The average Bonchev–Trinajstić information content (AvgIpc) is 2.77. The van der Waals surface area contributed by atoms with Crippen LogP contribution in [-0.2, 0) is 6.54 Å². The lowest BCUT2D eigenvalue weighted by atomic mass is 10.2. The number of imidazole rings is 1. The van der Waals surface area contributed by atoms with E-state index >= 15 is 0 Å². The van der Waals surface area contributed by atoms with Crippen molar-refractivity contribution in [1.82, 2.24) is 9.55 Å². The van der Waals surface area contributed by atoms with Gasteiger partial charge in [0.25, 0.3) is 0 Å². The summed E-state index contributed by atoms with van der Waals surface area (Å²) in [6.07, 6.45) is 0. The van der Waals surface area contributed by atoms with Gasteiger partial charge in [0.15, 0.2) is 0 Å². The molecule has 0 bridgehead atoms. The summed E-state index contributed by atoms with van der Waals surface area (Å²) in [4.78, 5) is 4.68. The molecule has 4 heteroatoms. The standard InChI is InChI=1S/C16H18N4/c1-12-7-8-15-14(11-12)19-16(20(15)10-9-17)18-13-5-3-2-4-6-13/h2-8,11H,9-10,17H2,1H3,(H,18,19). The number of hydrogen-bond acceptors (Lipinski definition) is 3. The van der Waals surface area contributed by atoms with Crippen molar-refractivity contribution < 1.29 is 0 Å². The number of anilines is 2. The molecule has 3 N–H and O–H groups in total. The van der Waals surface area contributed by atoms with Crippen LogP contribution in [0.1, 0.15) is 5.56 Å². The molecule has 0 spiro atoms. The van der Waals surface area contributed by atoms with E-state index in [1.54, 1.807) is 0 Å². The first-order valence-corrected chi connectivity index (χ1v) is 6.77. The summed E-state index contributed by atoms with van der Waals surface area (Å²) in [6, 6.07) is 16.3. The molecule has 0 amide bonds. The molecule has 0 aliphatic rings. The lowest BCUT2D eigenvalue weighted by molar-refractivity contribution is 0.736. The van der Waals surface area contributed by atoms with Crippen molar-refractivity contribution in [3.05, 3.63) is 54.1 Å². The van der Waals surface area contributed by atoms with Crippen LogP contribution in [-0.4, -0.2) is 16.1 Å². The summed E-state index contributed by atoms with van der Waals surface area (Å²) in [5.41, 5.74) is 10.1. The summed E-state index contributed by atoms with van der Waals surface area (Å²) >= 11 is 0. The molecule has 20 heavy (non-hydrogen) atoms. The zero-order valence-electron chi connectivity index (χ0n) is 11.5. The fraction of sp³-hybridized carbons (Fsp3) is 0.188. The normalized spacial score (nSPS) is 10.9. The summed E-state index contributed by atoms with van der Waals surface area (Å²) in [6.45, 7) is 3.41. The fourth-order valence-electron chi connectivity index (χ4n) is 2.34. The Bertz CT molecular complexity index is 716. The third-order valence-corrected chi connectivity index (χ3v) is 3.29. The van der Waals surface area contributed by atoms with Crippen molar-refractivity contribution >= 4 is 22.7 Å². The van der Waals surface area contributed by atoms with Crippen LogP contribution in [0.25, 0.3) is 11.0 Å². The second-order valence-electron chi connectivity index (χ2n) is 4.86. The van der Waals surface area contributed by atoms with Crippen molar-refractivity contribution in [1.29, 1.82) is 0 Å². The van der Waals surface area contributed by atoms with E-state index in [4.69, 9.17) is 5.73 Å². The number of aromatic nitrogens is 2. The number of aryl methyl sites for hydroxylation is 1. The molecule has 0 unspecified atom stereocenters. The van der Waals surface area contributed by atoms with Crippen molar-refractivity contribution in [2.45, 2.75) is 13.5 Å². The Kier molecular flexibility index (Phi) is 3.39. The molecule has 3 rings (SSSR count). The van der Waals surface area contributed by atoms with E-state index in [0.29, 0.717) is 6.54 Å². The number of nitrogens with two attached hydrogens (primary N) is 1.